The van der Waals surface area contributed by atoms with Gasteiger partial charge in [0.1, 0.15) is 0 Å². The van der Waals surface area contributed by atoms with Gasteiger partial charge in [-0.2, -0.15) is 0 Å². The topological polar surface area (TPSA) is 12.0 Å². The van der Waals surface area contributed by atoms with Crippen molar-refractivity contribution in [1.82, 2.24) is 0 Å². The van der Waals surface area contributed by atoms with E-state index in [2.05, 4.69) is 102 Å². The van der Waals surface area contributed by atoms with Crippen LogP contribution in [0.5, 0.6) is 0 Å². The molecule has 8 aromatic rings. The molecule has 0 bridgehead atoms. The van der Waals surface area contributed by atoms with Gasteiger partial charge in [0, 0.05) is 22.1 Å². The Labute approximate surface area is 178 Å². The Kier molecular flexibility index (Phi) is 2.70. The summed E-state index contributed by atoms with van der Waals surface area (Å²) in [6.45, 7) is 0. The maximum Gasteiger partial charge on any atom is 0.0470 e. The fourth-order valence-electron chi connectivity index (χ4n) is 5.77. The van der Waals surface area contributed by atoms with Gasteiger partial charge in [-0.1, -0.05) is 78.9 Å². The molecule has 31 heavy (non-hydrogen) atoms. The molecule has 0 aliphatic carbocycles. The van der Waals surface area contributed by atoms with Crippen LogP contribution in [0, 0.1) is 0 Å². The maximum absolute atomic E-state index is 3.69. The van der Waals surface area contributed by atoms with Gasteiger partial charge >= 0.3 is 0 Å². The average Bonchev–Trinajstić information content (AvgIpc) is 2.83. The number of rotatable bonds is 2. The van der Waals surface area contributed by atoms with Gasteiger partial charge in [-0.25, -0.2) is 0 Å². The molecule has 1 heteroatoms. The summed E-state index contributed by atoms with van der Waals surface area (Å²) in [5.41, 5.74) is 2.28. The summed E-state index contributed by atoms with van der Waals surface area (Å²) in [4.78, 5) is 0. The van der Waals surface area contributed by atoms with Gasteiger partial charge in [0.2, 0.25) is 0 Å². The van der Waals surface area contributed by atoms with E-state index in [1.807, 2.05) is 0 Å². The lowest BCUT2D eigenvalue weighted by Gasteiger charge is -2.22. The molecule has 142 valence electrons. The van der Waals surface area contributed by atoms with Crippen molar-refractivity contribution in [2.45, 2.75) is 0 Å². The Morgan fingerprint density at radius 1 is 0.387 bits per heavy atom. The molecule has 0 radical (unpaired) electrons. The molecule has 1 nitrogen and oxygen atoms in total. The van der Waals surface area contributed by atoms with E-state index >= 15 is 0 Å². The fraction of sp³-hybridized carbons (Fsp3) is 0. The predicted octanol–water partition coefficient (Wildman–Crippen LogP) is 8.66. The Morgan fingerprint density at radius 2 is 0.839 bits per heavy atom. The highest BCUT2D eigenvalue weighted by Gasteiger charge is 2.21. The monoisotopic (exact) mass is 391 g/mol. The summed E-state index contributed by atoms with van der Waals surface area (Å²) in [7, 11) is 0. The van der Waals surface area contributed by atoms with Gasteiger partial charge in [0.25, 0.3) is 0 Å². The van der Waals surface area contributed by atoms with E-state index in [0.29, 0.717) is 0 Å². The minimum Gasteiger partial charge on any atom is -0.355 e. The van der Waals surface area contributed by atoms with Crippen LogP contribution in [-0.2, 0) is 0 Å². The first kappa shape index (κ1) is 15.7. The zero-order valence-corrected chi connectivity index (χ0v) is 16.7. The summed E-state index contributed by atoms with van der Waals surface area (Å²) in [6, 6.07) is 35.6. The normalized spacial score (nSPS) is 12.5. The lowest BCUT2D eigenvalue weighted by atomic mass is 9.82. The van der Waals surface area contributed by atoms with Crippen molar-refractivity contribution in [3.63, 3.8) is 0 Å². The quantitative estimate of drug-likeness (QED) is 0.230. The molecule has 0 fully saturated rings. The van der Waals surface area contributed by atoms with Gasteiger partial charge in [0.15, 0.2) is 0 Å². The molecular formula is C30H17N. The van der Waals surface area contributed by atoms with Crippen LogP contribution in [-0.4, -0.2) is 0 Å². The first-order valence-electron chi connectivity index (χ1n) is 10.8. The van der Waals surface area contributed by atoms with Gasteiger partial charge < -0.3 is 5.32 Å². The van der Waals surface area contributed by atoms with E-state index in [1.165, 1.54) is 70.3 Å². The van der Waals surface area contributed by atoms with Crippen molar-refractivity contribution in [3.05, 3.63) is 97.1 Å². The number of para-hydroxylation sites is 1. The molecule has 8 aromatic carbocycles. The summed E-state index contributed by atoms with van der Waals surface area (Å²) in [5, 5.41) is 20.0. The van der Waals surface area contributed by atoms with E-state index in [-0.39, 0.29) is 0 Å². The van der Waals surface area contributed by atoms with E-state index in [9.17, 15) is 0 Å². The third-order valence-corrected chi connectivity index (χ3v) is 7.05. The lowest BCUT2D eigenvalue weighted by Crippen LogP contribution is -1.96. The highest BCUT2D eigenvalue weighted by molar-refractivity contribution is 6.45. The molecule has 8 rings (SSSR count). The standard InChI is InChI=1S/C30H17N/c1-2-4-22(5-3-1)31-24-16-21-13-12-19-9-7-17-6-8-18-10-11-20-14-15-23(24)30-28(20)26(18)25(17)27(19)29(21)30/h1-16,31H. The van der Waals surface area contributed by atoms with Crippen LogP contribution in [0.25, 0.3) is 64.6 Å². The Hall–Kier alpha value is -4.10. The summed E-state index contributed by atoms with van der Waals surface area (Å²) in [6.07, 6.45) is 0. The van der Waals surface area contributed by atoms with Crippen molar-refractivity contribution in [1.29, 1.82) is 0 Å². The number of benzene rings is 8. The van der Waals surface area contributed by atoms with E-state index < -0.39 is 0 Å². The Morgan fingerprint density at radius 3 is 1.42 bits per heavy atom. The summed E-state index contributed by atoms with van der Waals surface area (Å²) < 4.78 is 0. The molecule has 0 saturated heterocycles. The Bertz CT molecular complexity index is 1840. The highest BCUT2D eigenvalue weighted by atomic mass is 14.9. The molecular weight excluding hydrogens is 374 g/mol. The molecule has 0 unspecified atom stereocenters. The lowest BCUT2D eigenvalue weighted by molar-refractivity contribution is 1.59. The van der Waals surface area contributed by atoms with Crippen molar-refractivity contribution in [2.75, 3.05) is 5.32 Å². The van der Waals surface area contributed by atoms with Crippen LogP contribution in [0.4, 0.5) is 11.4 Å². The number of hydrogen-bond donors (Lipinski definition) is 1. The van der Waals surface area contributed by atoms with E-state index in [1.54, 1.807) is 0 Å². The second-order valence-corrected chi connectivity index (χ2v) is 8.66. The van der Waals surface area contributed by atoms with Crippen LogP contribution in [0.15, 0.2) is 97.1 Å². The first-order valence-corrected chi connectivity index (χ1v) is 10.8. The van der Waals surface area contributed by atoms with Crippen LogP contribution in [0.3, 0.4) is 0 Å². The second-order valence-electron chi connectivity index (χ2n) is 8.66. The smallest absolute Gasteiger partial charge is 0.0470 e. The molecule has 0 atom stereocenters. The number of hydrogen-bond acceptors (Lipinski definition) is 1. The molecule has 1 N–H and O–H groups in total. The molecule has 0 amide bonds. The molecule has 0 aromatic heterocycles. The molecule has 0 aliphatic heterocycles. The van der Waals surface area contributed by atoms with Crippen LogP contribution < -0.4 is 5.32 Å². The molecule has 0 spiro atoms. The summed E-state index contributed by atoms with van der Waals surface area (Å²) in [5.74, 6) is 0. The molecule has 0 saturated carbocycles. The fourth-order valence-corrected chi connectivity index (χ4v) is 5.77. The van der Waals surface area contributed by atoms with Crippen LogP contribution >= 0.6 is 0 Å². The average molecular weight is 391 g/mol. The maximum atomic E-state index is 3.69. The van der Waals surface area contributed by atoms with Crippen LogP contribution in [0.1, 0.15) is 0 Å². The number of nitrogens with one attached hydrogen (secondary N) is 1. The van der Waals surface area contributed by atoms with Crippen molar-refractivity contribution in [2.24, 2.45) is 0 Å². The minimum absolute atomic E-state index is 1.11. The minimum atomic E-state index is 1.11. The van der Waals surface area contributed by atoms with Crippen LogP contribution in [0.2, 0.25) is 0 Å². The molecule has 0 aliphatic rings. The third kappa shape index (κ3) is 1.87. The van der Waals surface area contributed by atoms with Crippen molar-refractivity contribution in [3.8, 4) is 0 Å². The number of anilines is 2. The first-order chi connectivity index (χ1) is 15.4. The summed E-state index contributed by atoms with van der Waals surface area (Å²) >= 11 is 0. The second kappa shape index (κ2) is 5.33. The van der Waals surface area contributed by atoms with E-state index in [0.717, 1.165) is 5.69 Å². The van der Waals surface area contributed by atoms with Gasteiger partial charge in [-0.05, 0) is 72.1 Å². The SMILES string of the molecule is c1ccc(Nc2cc3ccc4ccc5ccc6ccc7ccc2c2c7c6c5c4c32)cc1. The zero-order valence-electron chi connectivity index (χ0n) is 16.7. The molecule has 0 heterocycles. The highest BCUT2D eigenvalue weighted by Crippen LogP contribution is 2.49. The predicted molar refractivity (Wildman–Crippen MR) is 135 cm³/mol. The largest absolute Gasteiger partial charge is 0.355 e. The van der Waals surface area contributed by atoms with Crippen molar-refractivity contribution < 1.29 is 0 Å². The van der Waals surface area contributed by atoms with E-state index in [4.69, 9.17) is 0 Å². The van der Waals surface area contributed by atoms with Gasteiger partial charge in [-0.15, -0.1) is 0 Å². The van der Waals surface area contributed by atoms with Crippen molar-refractivity contribution >= 4 is 76.0 Å². The van der Waals surface area contributed by atoms with Gasteiger partial charge in [-0.3, -0.25) is 0 Å². The Balaban J connectivity index is 1.68. The zero-order chi connectivity index (χ0) is 20.1. The van der Waals surface area contributed by atoms with Gasteiger partial charge in [0.05, 0.1) is 0 Å². The third-order valence-electron chi connectivity index (χ3n) is 7.05.